The maximum Gasteiger partial charge on any atom is 0.272 e. The van der Waals surface area contributed by atoms with Crippen molar-refractivity contribution in [3.05, 3.63) is 41.8 Å². The number of fused-ring (bicyclic) bond motifs is 1. The van der Waals surface area contributed by atoms with Gasteiger partial charge in [0.25, 0.3) is 5.91 Å². The van der Waals surface area contributed by atoms with Crippen molar-refractivity contribution in [3.63, 3.8) is 0 Å². The van der Waals surface area contributed by atoms with Crippen molar-refractivity contribution in [2.75, 3.05) is 27.2 Å². The Bertz CT molecular complexity index is 716. The van der Waals surface area contributed by atoms with Crippen LogP contribution in [-0.4, -0.2) is 53.9 Å². The molecule has 5 heteroatoms. The summed E-state index contributed by atoms with van der Waals surface area (Å²) in [5.41, 5.74) is 0.588. The number of rotatable bonds is 2. The first kappa shape index (κ1) is 15.9. The molecule has 4 nitrogen and oxygen atoms in total. The Labute approximate surface area is 135 Å². The second-order valence-electron chi connectivity index (χ2n) is 6.35. The molecule has 1 amide bonds. The normalized spacial score (nSPS) is 19.1. The van der Waals surface area contributed by atoms with Gasteiger partial charge in [-0.25, -0.2) is 9.37 Å². The van der Waals surface area contributed by atoms with Crippen molar-refractivity contribution in [2.45, 2.75) is 25.3 Å². The molecule has 122 valence electrons. The van der Waals surface area contributed by atoms with Gasteiger partial charge in [0.05, 0.1) is 0 Å². The van der Waals surface area contributed by atoms with Gasteiger partial charge in [-0.15, -0.1) is 0 Å². The fourth-order valence-electron chi connectivity index (χ4n) is 3.19. The number of aromatic nitrogens is 1. The first-order chi connectivity index (χ1) is 11.1. The van der Waals surface area contributed by atoms with Crippen molar-refractivity contribution in [1.29, 1.82) is 0 Å². The minimum atomic E-state index is -0.388. The molecule has 0 N–H and O–H groups in total. The van der Waals surface area contributed by atoms with Crippen molar-refractivity contribution in [1.82, 2.24) is 14.8 Å². The molecule has 0 spiro atoms. The summed E-state index contributed by atoms with van der Waals surface area (Å²) in [6.45, 7) is 1.46. The molecular weight excluding hydrogens is 293 g/mol. The van der Waals surface area contributed by atoms with E-state index in [1.54, 1.807) is 24.3 Å². The van der Waals surface area contributed by atoms with Gasteiger partial charge in [-0.2, -0.15) is 0 Å². The van der Waals surface area contributed by atoms with Crippen LogP contribution in [0.2, 0.25) is 0 Å². The number of hydrogen-bond donors (Lipinski definition) is 0. The van der Waals surface area contributed by atoms with Gasteiger partial charge in [0.15, 0.2) is 0 Å². The smallest absolute Gasteiger partial charge is 0.272 e. The van der Waals surface area contributed by atoms with Gasteiger partial charge in [-0.3, -0.25) is 4.79 Å². The van der Waals surface area contributed by atoms with Crippen molar-refractivity contribution >= 4 is 16.8 Å². The van der Waals surface area contributed by atoms with Gasteiger partial charge in [-0.1, -0.05) is 18.2 Å². The van der Waals surface area contributed by atoms with Crippen LogP contribution in [0.3, 0.4) is 0 Å². The van der Waals surface area contributed by atoms with Crippen LogP contribution in [0, 0.1) is 5.82 Å². The van der Waals surface area contributed by atoms with Gasteiger partial charge in [-0.05, 0) is 45.5 Å². The fourth-order valence-corrected chi connectivity index (χ4v) is 3.19. The van der Waals surface area contributed by atoms with Gasteiger partial charge >= 0.3 is 0 Å². The maximum atomic E-state index is 13.9. The molecule has 1 saturated heterocycles. The Morgan fingerprint density at radius 2 is 2.04 bits per heavy atom. The number of para-hydroxylation sites is 1. The average molecular weight is 315 g/mol. The molecule has 0 radical (unpaired) electrons. The third-order valence-corrected chi connectivity index (χ3v) is 4.61. The number of likely N-dealkylation sites (tertiary alicyclic amines) is 1. The first-order valence-electron chi connectivity index (χ1n) is 8.07. The summed E-state index contributed by atoms with van der Waals surface area (Å²) in [6, 6.07) is 8.79. The van der Waals surface area contributed by atoms with E-state index in [-0.39, 0.29) is 17.2 Å². The Morgan fingerprint density at radius 1 is 1.22 bits per heavy atom. The minimum absolute atomic E-state index is 0.102. The topological polar surface area (TPSA) is 36.4 Å². The summed E-state index contributed by atoms with van der Waals surface area (Å²) in [4.78, 5) is 21.0. The van der Waals surface area contributed by atoms with Gasteiger partial charge in [0.2, 0.25) is 0 Å². The number of pyridine rings is 1. The monoisotopic (exact) mass is 315 g/mol. The largest absolute Gasteiger partial charge is 0.337 e. The number of benzene rings is 1. The van der Waals surface area contributed by atoms with E-state index in [4.69, 9.17) is 0 Å². The number of carbonyl (C=O) groups excluding carboxylic acids is 1. The molecule has 0 saturated carbocycles. The molecule has 0 unspecified atom stereocenters. The van der Waals surface area contributed by atoms with Crippen LogP contribution in [0.4, 0.5) is 4.39 Å². The van der Waals surface area contributed by atoms with Crippen LogP contribution < -0.4 is 0 Å². The Hall–Kier alpha value is -2.01. The average Bonchev–Trinajstić information content (AvgIpc) is 2.80. The molecule has 1 aromatic carbocycles. The Balaban J connectivity index is 1.81. The summed E-state index contributed by atoms with van der Waals surface area (Å²) in [5.74, 6) is -0.491. The summed E-state index contributed by atoms with van der Waals surface area (Å²) in [6.07, 6.45) is 3.04. The third-order valence-electron chi connectivity index (χ3n) is 4.61. The van der Waals surface area contributed by atoms with E-state index in [9.17, 15) is 9.18 Å². The fraction of sp³-hybridized carbons (Fsp3) is 0.444. The van der Waals surface area contributed by atoms with E-state index in [1.165, 1.54) is 6.07 Å². The Morgan fingerprint density at radius 3 is 2.83 bits per heavy atom. The molecule has 0 bridgehead atoms. The second-order valence-corrected chi connectivity index (χ2v) is 6.35. The lowest BCUT2D eigenvalue weighted by Crippen LogP contribution is -2.34. The third kappa shape index (κ3) is 3.34. The van der Waals surface area contributed by atoms with Crippen molar-refractivity contribution < 1.29 is 9.18 Å². The number of carbonyl (C=O) groups is 1. The lowest BCUT2D eigenvalue weighted by Gasteiger charge is -2.23. The highest BCUT2D eigenvalue weighted by Gasteiger charge is 2.23. The van der Waals surface area contributed by atoms with E-state index < -0.39 is 0 Å². The predicted molar refractivity (Wildman–Crippen MR) is 88.9 cm³/mol. The zero-order chi connectivity index (χ0) is 16.4. The molecule has 3 rings (SSSR count). The van der Waals surface area contributed by atoms with Crippen LogP contribution in [0.25, 0.3) is 10.9 Å². The summed E-state index contributed by atoms with van der Waals surface area (Å²) in [5, 5.41) is 0.713. The van der Waals surface area contributed by atoms with Gasteiger partial charge < -0.3 is 9.80 Å². The van der Waals surface area contributed by atoms with Crippen LogP contribution in [-0.2, 0) is 0 Å². The van der Waals surface area contributed by atoms with E-state index >= 15 is 0 Å². The summed E-state index contributed by atoms with van der Waals surface area (Å²) >= 11 is 0. The number of nitrogens with zero attached hydrogens (tertiary/aromatic N) is 3. The molecule has 1 aliphatic rings. The highest BCUT2D eigenvalue weighted by Crippen LogP contribution is 2.19. The molecule has 2 aromatic rings. The maximum absolute atomic E-state index is 13.9. The van der Waals surface area contributed by atoms with Crippen molar-refractivity contribution in [2.24, 2.45) is 0 Å². The first-order valence-corrected chi connectivity index (χ1v) is 8.07. The molecule has 0 aliphatic carbocycles. The summed E-state index contributed by atoms with van der Waals surface area (Å²) < 4.78 is 13.9. The molecule has 1 aliphatic heterocycles. The van der Waals surface area contributed by atoms with Gasteiger partial charge in [0, 0.05) is 24.5 Å². The zero-order valence-electron chi connectivity index (χ0n) is 13.6. The predicted octanol–water partition coefficient (Wildman–Crippen LogP) is 2.93. The summed E-state index contributed by atoms with van der Waals surface area (Å²) in [7, 11) is 4.16. The molecular formula is C18H22FN3O. The number of amides is 1. The standard InChI is InChI=1S/C18H22FN3O/c1-21(2)14-6-4-11-22(12-10-14)18(23)16-9-8-13-5-3-7-15(19)17(13)20-16/h3,5,7-9,14H,4,6,10-12H2,1-2H3/t14-/m1/s1. The van der Waals surface area contributed by atoms with E-state index in [1.807, 2.05) is 4.90 Å². The van der Waals surface area contributed by atoms with E-state index in [0.29, 0.717) is 17.1 Å². The molecule has 1 atom stereocenters. The quantitative estimate of drug-likeness (QED) is 0.855. The molecule has 1 fully saturated rings. The van der Waals surface area contributed by atoms with Crippen LogP contribution in [0.1, 0.15) is 29.8 Å². The minimum Gasteiger partial charge on any atom is -0.337 e. The second kappa shape index (κ2) is 6.62. The van der Waals surface area contributed by atoms with Crippen LogP contribution >= 0.6 is 0 Å². The molecule has 23 heavy (non-hydrogen) atoms. The SMILES string of the molecule is CN(C)[C@@H]1CCCN(C(=O)c2ccc3cccc(F)c3n2)CC1. The molecule has 2 heterocycles. The molecule has 1 aromatic heterocycles. The van der Waals surface area contributed by atoms with Crippen LogP contribution in [0.5, 0.6) is 0 Å². The Kier molecular flexibility index (Phi) is 4.57. The highest BCUT2D eigenvalue weighted by molar-refractivity contribution is 5.95. The van der Waals surface area contributed by atoms with Gasteiger partial charge in [0.1, 0.15) is 17.0 Å². The van der Waals surface area contributed by atoms with E-state index in [0.717, 1.165) is 32.4 Å². The number of halogens is 1. The lowest BCUT2D eigenvalue weighted by atomic mass is 10.1. The highest BCUT2D eigenvalue weighted by atomic mass is 19.1. The lowest BCUT2D eigenvalue weighted by molar-refractivity contribution is 0.0753. The van der Waals surface area contributed by atoms with Crippen molar-refractivity contribution in [3.8, 4) is 0 Å². The van der Waals surface area contributed by atoms with Crippen LogP contribution in [0.15, 0.2) is 30.3 Å². The van der Waals surface area contributed by atoms with E-state index in [2.05, 4.69) is 24.0 Å². The zero-order valence-corrected chi connectivity index (χ0v) is 13.6. The number of hydrogen-bond acceptors (Lipinski definition) is 3.